The van der Waals surface area contributed by atoms with Crippen LogP contribution < -0.4 is 26.7 Å². The molecule has 0 spiro atoms. The number of hydrogen-bond acceptors (Lipinski definition) is 5. The van der Waals surface area contributed by atoms with Crippen molar-refractivity contribution in [3.63, 3.8) is 0 Å². The summed E-state index contributed by atoms with van der Waals surface area (Å²) in [5.41, 5.74) is 17.1. The van der Waals surface area contributed by atoms with Crippen LogP contribution >= 0.6 is 0 Å². The SMILES string of the molecule is Nc1cc2c(cc1N)NC([n+]1ccc(-c3ccncc3)cc1)N2. The molecule has 4 rings (SSSR count). The van der Waals surface area contributed by atoms with E-state index in [9.17, 15) is 0 Å². The Morgan fingerprint density at radius 3 is 1.91 bits per heavy atom. The van der Waals surface area contributed by atoms with Crippen molar-refractivity contribution in [2.24, 2.45) is 0 Å². The Kier molecular flexibility index (Phi) is 3.01. The molecule has 0 atom stereocenters. The van der Waals surface area contributed by atoms with E-state index in [1.54, 1.807) is 12.4 Å². The highest BCUT2D eigenvalue weighted by Crippen LogP contribution is 2.35. The summed E-state index contributed by atoms with van der Waals surface area (Å²) in [7, 11) is 0. The molecule has 0 unspecified atom stereocenters. The van der Waals surface area contributed by atoms with Crippen LogP contribution in [0.2, 0.25) is 0 Å². The number of nitrogens with two attached hydrogens (primary N) is 2. The lowest BCUT2D eigenvalue weighted by Gasteiger charge is -2.07. The minimum atomic E-state index is -0.0716. The molecule has 0 saturated carbocycles. The smallest absolute Gasteiger partial charge is 0.311 e. The lowest BCUT2D eigenvalue weighted by molar-refractivity contribution is -0.710. The average molecular weight is 305 g/mol. The number of benzene rings is 1. The van der Waals surface area contributed by atoms with Crippen LogP contribution in [0.15, 0.2) is 61.2 Å². The van der Waals surface area contributed by atoms with Gasteiger partial charge in [0.15, 0.2) is 12.4 Å². The third-order valence-electron chi connectivity index (χ3n) is 3.97. The number of rotatable bonds is 2. The van der Waals surface area contributed by atoms with Crippen molar-refractivity contribution >= 4 is 22.7 Å². The Balaban J connectivity index is 1.58. The molecule has 0 aliphatic carbocycles. The van der Waals surface area contributed by atoms with Crippen LogP contribution in [0, 0.1) is 0 Å². The molecule has 23 heavy (non-hydrogen) atoms. The third-order valence-corrected chi connectivity index (χ3v) is 3.97. The van der Waals surface area contributed by atoms with Crippen LogP contribution in [0.25, 0.3) is 11.1 Å². The number of nitrogen functional groups attached to an aromatic ring is 2. The molecule has 0 fully saturated rings. The van der Waals surface area contributed by atoms with Gasteiger partial charge in [-0.15, -0.1) is 0 Å². The van der Waals surface area contributed by atoms with E-state index >= 15 is 0 Å². The Hall–Kier alpha value is -3.28. The molecule has 6 nitrogen and oxygen atoms in total. The fourth-order valence-electron chi connectivity index (χ4n) is 2.70. The molecule has 1 aliphatic rings. The number of pyridine rings is 2. The van der Waals surface area contributed by atoms with E-state index in [-0.39, 0.29) is 6.29 Å². The van der Waals surface area contributed by atoms with Gasteiger partial charge in [0.1, 0.15) is 0 Å². The van der Waals surface area contributed by atoms with Gasteiger partial charge in [-0.1, -0.05) is 0 Å². The zero-order valence-electron chi connectivity index (χ0n) is 12.4. The van der Waals surface area contributed by atoms with E-state index in [1.165, 1.54) is 0 Å². The van der Waals surface area contributed by atoms with Crippen LogP contribution in [-0.4, -0.2) is 4.98 Å². The molecular formula is C17H17N6+. The molecular weight excluding hydrogens is 288 g/mol. The van der Waals surface area contributed by atoms with Crippen LogP contribution in [0.1, 0.15) is 6.29 Å². The van der Waals surface area contributed by atoms with Gasteiger partial charge in [0.25, 0.3) is 0 Å². The fourth-order valence-corrected chi connectivity index (χ4v) is 2.70. The van der Waals surface area contributed by atoms with Gasteiger partial charge in [0.2, 0.25) is 0 Å². The zero-order valence-corrected chi connectivity index (χ0v) is 12.4. The number of nitrogens with zero attached hydrogens (tertiary/aromatic N) is 2. The quantitative estimate of drug-likeness (QED) is 0.430. The summed E-state index contributed by atoms with van der Waals surface area (Å²) in [5, 5.41) is 6.77. The molecule has 3 aromatic rings. The van der Waals surface area contributed by atoms with Crippen molar-refractivity contribution in [3.8, 4) is 11.1 Å². The standard InChI is InChI=1S/C17H16N6/c18-13-9-15-16(10-14(13)19)22-17(21-15)23-7-3-12(4-8-23)11-1-5-20-6-2-11/h1-10,17,20H,(H4,18,19,21,22)/p+1. The van der Waals surface area contributed by atoms with E-state index < -0.39 is 0 Å². The summed E-state index contributed by atoms with van der Waals surface area (Å²) in [6, 6.07) is 11.8. The van der Waals surface area contributed by atoms with E-state index in [0.717, 1.165) is 22.5 Å². The van der Waals surface area contributed by atoms with Crippen molar-refractivity contribution in [1.29, 1.82) is 0 Å². The van der Waals surface area contributed by atoms with Crippen molar-refractivity contribution < 1.29 is 4.57 Å². The molecule has 0 bridgehead atoms. The zero-order chi connectivity index (χ0) is 15.8. The van der Waals surface area contributed by atoms with Crippen molar-refractivity contribution in [2.45, 2.75) is 6.29 Å². The Bertz CT molecular complexity index is 814. The lowest BCUT2D eigenvalue weighted by Crippen LogP contribution is -2.45. The van der Waals surface area contributed by atoms with Crippen LogP contribution in [-0.2, 0) is 0 Å². The highest BCUT2D eigenvalue weighted by Gasteiger charge is 2.27. The number of hydrogen-bond donors (Lipinski definition) is 4. The molecule has 2 aromatic heterocycles. The molecule has 6 N–H and O–H groups in total. The van der Waals surface area contributed by atoms with Gasteiger partial charge in [-0.3, -0.25) is 4.98 Å². The first kappa shape index (κ1) is 13.4. The van der Waals surface area contributed by atoms with Gasteiger partial charge in [0, 0.05) is 24.5 Å². The van der Waals surface area contributed by atoms with Crippen molar-refractivity contribution in [1.82, 2.24) is 4.98 Å². The first-order valence-corrected chi connectivity index (χ1v) is 7.34. The molecule has 6 heteroatoms. The van der Waals surface area contributed by atoms with E-state index in [0.29, 0.717) is 11.4 Å². The first-order valence-electron chi connectivity index (χ1n) is 7.34. The maximum atomic E-state index is 5.86. The molecule has 0 radical (unpaired) electrons. The summed E-state index contributed by atoms with van der Waals surface area (Å²) in [5.74, 6) is 0. The topological polar surface area (TPSA) is 92.9 Å². The molecule has 1 aromatic carbocycles. The van der Waals surface area contributed by atoms with Crippen molar-refractivity contribution in [3.05, 3.63) is 61.2 Å². The molecule has 0 amide bonds. The minimum absolute atomic E-state index is 0.0716. The second kappa shape index (κ2) is 5.17. The Labute approximate surface area is 133 Å². The average Bonchev–Trinajstić information content (AvgIpc) is 2.99. The van der Waals surface area contributed by atoms with E-state index in [1.807, 2.05) is 36.7 Å². The van der Waals surface area contributed by atoms with Gasteiger partial charge >= 0.3 is 6.29 Å². The number of fused-ring (bicyclic) bond motifs is 1. The Morgan fingerprint density at radius 1 is 0.826 bits per heavy atom. The number of anilines is 4. The van der Waals surface area contributed by atoms with Gasteiger partial charge in [0.05, 0.1) is 22.7 Å². The van der Waals surface area contributed by atoms with Gasteiger partial charge in [-0.05, 0) is 35.4 Å². The summed E-state index contributed by atoms with van der Waals surface area (Å²) >= 11 is 0. The first-order chi connectivity index (χ1) is 11.2. The highest BCUT2D eigenvalue weighted by atomic mass is 15.3. The summed E-state index contributed by atoms with van der Waals surface area (Å²) in [6.07, 6.45) is 7.57. The summed E-state index contributed by atoms with van der Waals surface area (Å²) < 4.78 is 2.05. The second-order valence-corrected chi connectivity index (χ2v) is 5.49. The monoisotopic (exact) mass is 305 g/mol. The van der Waals surface area contributed by atoms with E-state index in [2.05, 4.69) is 32.3 Å². The van der Waals surface area contributed by atoms with Gasteiger partial charge in [-0.2, -0.15) is 4.57 Å². The molecule has 0 saturated heterocycles. The molecule has 114 valence electrons. The van der Waals surface area contributed by atoms with Crippen LogP contribution in [0.4, 0.5) is 22.7 Å². The van der Waals surface area contributed by atoms with Gasteiger partial charge in [-0.25, -0.2) is 0 Å². The lowest BCUT2D eigenvalue weighted by atomic mass is 10.1. The second-order valence-electron chi connectivity index (χ2n) is 5.49. The normalized spacial score (nSPS) is 13.2. The largest absolute Gasteiger partial charge is 0.397 e. The molecule has 1 aliphatic heterocycles. The maximum absolute atomic E-state index is 5.86. The van der Waals surface area contributed by atoms with Gasteiger partial charge < -0.3 is 22.1 Å². The third kappa shape index (κ3) is 2.40. The predicted molar refractivity (Wildman–Crippen MR) is 91.4 cm³/mol. The summed E-state index contributed by atoms with van der Waals surface area (Å²) in [6.45, 7) is 0. The fraction of sp³-hybridized carbons (Fsp3) is 0.0588. The number of aromatic nitrogens is 2. The predicted octanol–water partition coefficient (Wildman–Crippen LogP) is 2.19. The van der Waals surface area contributed by atoms with Crippen molar-refractivity contribution in [2.75, 3.05) is 22.1 Å². The summed E-state index contributed by atoms with van der Waals surface area (Å²) in [4.78, 5) is 4.04. The Morgan fingerprint density at radius 2 is 1.35 bits per heavy atom. The van der Waals surface area contributed by atoms with E-state index in [4.69, 9.17) is 11.5 Å². The maximum Gasteiger partial charge on any atom is 0.311 e. The van der Waals surface area contributed by atoms with Crippen LogP contribution in [0.5, 0.6) is 0 Å². The molecule has 3 heterocycles. The number of nitrogens with one attached hydrogen (secondary N) is 2. The minimum Gasteiger partial charge on any atom is -0.397 e. The highest BCUT2D eigenvalue weighted by molar-refractivity contribution is 5.83. The van der Waals surface area contributed by atoms with Crippen LogP contribution in [0.3, 0.4) is 0 Å².